The largest absolute Gasteiger partial charge is 0.477 e. The van der Waals surface area contributed by atoms with Crippen LogP contribution in [-0.2, 0) is 0 Å². The Morgan fingerprint density at radius 3 is 2.88 bits per heavy atom. The number of carboxylic acid groups (broad SMARTS) is 1. The van der Waals surface area contributed by atoms with Gasteiger partial charge in [0.25, 0.3) is 0 Å². The van der Waals surface area contributed by atoms with Gasteiger partial charge in [0.05, 0.1) is 11.2 Å². The fourth-order valence-electron chi connectivity index (χ4n) is 1.26. The minimum atomic E-state index is -1.10. The molecule has 0 bridgehead atoms. The number of benzene rings is 1. The van der Waals surface area contributed by atoms with Gasteiger partial charge >= 0.3 is 5.97 Å². The highest BCUT2D eigenvalue weighted by molar-refractivity contribution is 9.10. The Hall–Kier alpha value is -1.33. The number of hydrogen-bond donors (Lipinski definition) is 1. The number of aromatic nitrogens is 1. The maximum Gasteiger partial charge on any atom is 0.341 e. The van der Waals surface area contributed by atoms with Gasteiger partial charge in [-0.1, -0.05) is 32.7 Å². The molecule has 0 fully saturated rings. The van der Waals surface area contributed by atoms with Crippen molar-refractivity contribution in [2.45, 2.75) is 0 Å². The summed E-state index contributed by atoms with van der Waals surface area (Å²) in [6.07, 6.45) is 1.15. The molecule has 0 aliphatic rings. The minimum Gasteiger partial charge on any atom is -0.477 e. The summed E-state index contributed by atoms with van der Waals surface area (Å²) in [6.45, 7) is 0. The fourth-order valence-corrected chi connectivity index (χ4v) is 2.02. The number of carboxylic acids is 1. The zero-order chi connectivity index (χ0) is 11.7. The molecular formula is C10H5BrClNO3. The molecule has 82 valence electrons. The lowest BCUT2D eigenvalue weighted by Crippen LogP contribution is -1.96. The van der Waals surface area contributed by atoms with Crippen molar-refractivity contribution in [1.29, 1.82) is 0 Å². The molecule has 0 saturated heterocycles. The van der Waals surface area contributed by atoms with Crippen molar-refractivity contribution >= 4 is 33.5 Å². The molecule has 1 N–H and O–H groups in total. The van der Waals surface area contributed by atoms with Crippen LogP contribution in [0.5, 0.6) is 0 Å². The molecule has 0 aliphatic heterocycles. The van der Waals surface area contributed by atoms with Crippen molar-refractivity contribution in [3.63, 3.8) is 0 Å². The van der Waals surface area contributed by atoms with Crippen LogP contribution in [0.25, 0.3) is 11.3 Å². The number of carbonyl (C=O) groups is 1. The summed E-state index contributed by atoms with van der Waals surface area (Å²) in [6, 6.07) is 5.07. The highest BCUT2D eigenvalue weighted by atomic mass is 79.9. The van der Waals surface area contributed by atoms with E-state index in [1.165, 1.54) is 0 Å². The SMILES string of the molecule is O=C(O)c1cnoc1-c1ccc(Br)cc1Cl. The molecule has 0 spiro atoms. The topological polar surface area (TPSA) is 63.3 Å². The predicted octanol–water partition coefficient (Wildman–Crippen LogP) is 3.46. The van der Waals surface area contributed by atoms with Crippen LogP contribution in [0.1, 0.15) is 10.4 Å². The molecule has 0 saturated carbocycles. The zero-order valence-electron chi connectivity index (χ0n) is 7.78. The van der Waals surface area contributed by atoms with Crippen LogP contribution in [0.3, 0.4) is 0 Å². The summed E-state index contributed by atoms with van der Waals surface area (Å²) in [4.78, 5) is 10.9. The van der Waals surface area contributed by atoms with E-state index in [9.17, 15) is 4.79 Å². The van der Waals surface area contributed by atoms with Crippen LogP contribution in [0.4, 0.5) is 0 Å². The molecule has 0 atom stereocenters. The lowest BCUT2D eigenvalue weighted by Gasteiger charge is -2.01. The molecule has 16 heavy (non-hydrogen) atoms. The van der Waals surface area contributed by atoms with Crippen molar-refractivity contribution < 1.29 is 14.4 Å². The van der Waals surface area contributed by atoms with Crippen molar-refractivity contribution in [2.24, 2.45) is 0 Å². The molecule has 1 heterocycles. The summed E-state index contributed by atoms with van der Waals surface area (Å²) in [7, 11) is 0. The maximum absolute atomic E-state index is 10.9. The van der Waals surface area contributed by atoms with Crippen molar-refractivity contribution in [2.75, 3.05) is 0 Å². The van der Waals surface area contributed by atoms with Gasteiger partial charge in [-0.2, -0.15) is 0 Å². The molecule has 2 aromatic rings. The molecule has 2 rings (SSSR count). The summed E-state index contributed by atoms with van der Waals surface area (Å²) >= 11 is 9.25. The van der Waals surface area contributed by atoms with E-state index in [0.717, 1.165) is 10.7 Å². The molecular weight excluding hydrogens is 297 g/mol. The molecule has 4 nitrogen and oxygen atoms in total. The van der Waals surface area contributed by atoms with E-state index in [1.54, 1.807) is 18.2 Å². The van der Waals surface area contributed by atoms with E-state index >= 15 is 0 Å². The van der Waals surface area contributed by atoms with Crippen molar-refractivity contribution in [3.05, 3.63) is 39.5 Å². The first kappa shape index (κ1) is 11.2. The summed E-state index contributed by atoms with van der Waals surface area (Å²) < 4.78 is 5.71. The lowest BCUT2D eigenvalue weighted by molar-refractivity contribution is 0.0697. The summed E-state index contributed by atoms with van der Waals surface area (Å²) in [5.74, 6) is -0.944. The third-order valence-electron chi connectivity index (χ3n) is 1.98. The third-order valence-corrected chi connectivity index (χ3v) is 2.78. The average molecular weight is 303 g/mol. The van der Waals surface area contributed by atoms with Crippen LogP contribution in [0.15, 0.2) is 33.4 Å². The molecule has 0 radical (unpaired) electrons. The first-order chi connectivity index (χ1) is 7.59. The third kappa shape index (κ3) is 1.96. The fraction of sp³-hybridized carbons (Fsp3) is 0. The standard InChI is InChI=1S/C10H5BrClNO3/c11-5-1-2-6(8(12)3-5)9-7(10(14)15)4-13-16-9/h1-4H,(H,14,15). The Morgan fingerprint density at radius 2 is 2.25 bits per heavy atom. The Morgan fingerprint density at radius 1 is 1.50 bits per heavy atom. The second-order valence-corrected chi connectivity index (χ2v) is 4.32. The van der Waals surface area contributed by atoms with E-state index in [1.807, 2.05) is 0 Å². The Labute approximate surface area is 104 Å². The quantitative estimate of drug-likeness (QED) is 0.923. The van der Waals surface area contributed by atoms with E-state index in [2.05, 4.69) is 21.1 Å². The zero-order valence-corrected chi connectivity index (χ0v) is 10.1. The van der Waals surface area contributed by atoms with Gasteiger partial charge in [-0.05, 0) is 18.2 Å². The molecule has 0 aliphatic carbocycles. The highest BCUT2D eigenvalue weighted by Crippen LogP contribution is 2.32. The van der Waals surface area contributed by atoms with Crippen LogP contribution in [0, 0.1) is 0 Å². The maximum atomic E-state index is 10.9. The highest BCUT2D eigenvalue weighted by Gasteiger charge is 2.18. The van der Waals surface area contributed by atoms with Gasteiger partial charge < -0.3 is 9.63 Å². The number of hydrogen-bond acceptors (Lipinski definition) is 3. The summed E-state index contributed by atoms with van der Waals surface area (Å²) in [5, 5.41) is 12.8. The predicted molar refractivity (Wildman–Crippen MR) is 61.6 cm³/mol. The second kappa shape index (κ2) is 4.27. The molecule has 0 unspecified atom stereocenters. The van der Waals surface area contributed by atoms with Gasteiger partial charge in [0.2, 0.25) is 0 Å². The molecule has 0 amide bonds. The van der Waals surface area contributed by atoms with Crippen molar-refractivity contribution in [1.82, 2.24) is 5.16 Å². The smallest absolute Gasteiger partial charge is 0.341 e. The van der Waals surface area contributed by atoms with E-state index < -0.39 is 5.97 Å². The van der Waals surface area contributed by atoms with Crippen molar-refractivity contribution in [3.8, 4) is 11.3 Å². The van der Waals surface area contributed by atoms with Crippen LogP contribution in [-0.4, -0.2) is 16.2 Å². The van der Waals surface area contributed by atoms with Crippen LogP contribution < -0.4 is 0 Å². The first-order valence-electron chi connectivity index (χ1n) is 4.23. The Kier molecular flexibility index (Phi) is 2.98. The number of rotatable bonds is 2. The summed E-state index contributed by atoms with van der Waals surface area (Å²) in [5.41, 5.74) is 0.490. The van der Waals surface area contributed by atoms with Gasteiger partial charge in [0.15, 0.2) is 5.76 Å². The van der Waals surface area contributed by atoms with Gasteiger partial charge in [-0.15, -0.1) is 0 Å². The Bertz CT molecular complexity index is 553. The monoisotopic (exact) mass is 301 g/mol. The van der Waals surface area contributed by atoms with Crippen LogP contribution in [0.2, 0.25) is 5.02 Å². The molecule has 1 aromatic carbocycles. The number of nitrogens with zero attached hydrogens (tertiary/aromatic N) is 1. The van der Waals surface area contributed by atoms with Crippen LogP contribution >= 0.6 is 27.5 Å². The van der Waals surface area contributed by atoms with Gasteiger partial charge in [0, 0.05) is 10.0 Å². The second-order valence-electron chi connectivity index (χ2n) is 3.00. The van der Waals surface area contributed by atoms with E-state index in [4.69, 9.17) is 21.2 Å². The van der Waals surface area contributed by atoms with Gasteiger partial charge in [-0.3, -0.25) is 0 Å². The first-order valence-corrected chi connectivity index (χ1v) is 5.40. The number of halogens is 2. The van der Waals surface area contributed by atoms with E-state index in [0.29, 0.717) is 10.6 Å². The van der Waals surface area contributed by atoms with Gasteiger partial charge in [0.1, 0.15) is 5.56 Å². The number of aromatic carboxylic acids is 1. The normalized spacial score (nSPS) is 10.4. The molecule has 1 aromatic heterocycles. The molecule has 6 heteroatoms. The van der Waals surface area contributed by atoms with Gasteiger partial charge in [-0.25, -0.2) is 4.79 Å². The lowest BCUT2D eigenvalue weighted by atomic mass is 10.1. The Balaban J connectivity index is 2.59. The minimum absolute atomic E-state index is 0.00998. The average Bonchev–Trinajstić information content (AvgIpc) is 2.66. The van der Waals surface area contributed by atoms with E-state index in [-0.39, 0.29) is 11.3 Å².